The second kappa shape index (κ2) is 4.45. The molecule has 0 fully saturated rings. The molecule has 1 aromatic carbocycles. The van der Waals surface area contributed by atoms with Crippen LogP contribution in [0, 0.1) is 6.92 Å². The van der Waals surface area contributed by atoms with Gasteiger partial charge in [-0.15, -0.1) is 0 Å². The Morgan fingerprint density at radius 1 is 1.24 bits per heavy atom. The molecule has 0 saturated carbocycles. The molecule has 2 rings (SSSR count). The molecule has 17 heavy (non-hydrogen) atoms. The largest absolute Gasteiger partial charge is 0.497 e. The van der Waals surface area contributed by atoms with Crippen molar-refractivity contribution in [3.05, 3.63) is 41.7 Å². The Morgan fingerprint density at radius 2 is 1.88 bits per heavy atom. The number of hydrogen-bond acceptors (Lipinski definition) is 3. The van der Waals surface area contributed by atoms with Crippen molar-refractivity contribution in [2.45, 2.75) is 13.8 Å². The molecule has 0 saturated heterocycles. The topological polar surface area (TPSA) is 39.4 Å². The van der Waals surface area contributed by atoms with Gasteiger partial charge in [-0.3, -0.25) is 4.79 Å². The summed E-state index contributed by atoms with van der Waals surface area (Å²) in [4.78, 5) is 11.3. The summed E-state index contributed by atoms with van der Waals surface area (Å²) in [5.41, 5.74) is 1.57. The van der Waals surface area contributed by atoms with E-state index in [1.54, 1.807) is 20.1 Å². The highest BCUT2D eigenvalue weighted by Gasteiger charge is 2.12. The molecule has 1 heterocycles. The average molecular weight is 230 g/mol. The first-order valence-corrected chi connectivity index (χ1v) is 5.37. The van der Waals surface area contributed by atoms with Crippen molar-refractivity contribution in [1.29, 1.82) is 0 Å². The Morgan fingerprint density at radius 3 is 2.35 bits per heavy atom. The summed E-state index contributed by atoms with van der Waals surface area (Å²) in [5.74, 6) is 2.17. The SMILES string of the molecule is COc1ccc(-c2cc(C(C)=O)c(C)o2)cc1. The summed E-state index contributed by atoms with van der Waals surface area (Å²) in [7, 11) is 1.62. The number of carbonyl (C=O) groups is 1. The van der Waals surface area contributed by atoms with Gasteiger partial charge in [0.1, 0.15) is 17.3 Å². The maximum Gasteiger partial charge on any atom is 0.163 e. The van der Waals surface area contributed by atoms with Crippen LogP contribution in [0.15, 0.2) is 34.7 Å². The summed E-state index contributed by atoms with van der Waals surface area (Å²) >= 11 is 0. The van der Waals surface area contributed by atoms with Crippen molar-refractivity contribution in [3.63, 3.8) is 0 Å². The number of ketones is 1. The molecule has 88 valence electrons. The molecule has 0 spiro atoms. The van der Waals surface area contributed by atoms with Gasteiger partial charge in [-0.25, -0.2) is 0 Å². The standard InChI is InChI=1S/C14H14O3/c1-9(15)13-8-14(17-10(13)2)11-4-6-12(16-3)7-5-11/h4-8H,1-3H3. The van der Waals surface area contributed by atoms with Crippen LogP contribution in [0.2, 0.25) is 0 Å². The fraction of sp³-hybridized carbons (Fsp3) is 0.214. The lowest BCUT2D eigenvalue weighted by Gasteiger charge is -2.00. The second-order valence-electron chi connectivity index (χ2n) is 3.87. The third-order valence-corrected chi connectivity index (χ3v) is 2.67. The van der Waals surface area contributed by atoms with E-state index >= 15 is 0 Å². The molecule has 1 aromatic heterocycles. The summed E-state index contributed by atoms with van der Waals surface area (Å²) in [5, 5.41) is 0. The first-order valence-electron chi connectivity index (χ1n) is 5.37. The minimum Gasteiger partial charge on any atom is -0.497 e. The third-order valence-electron chi connectivity index (χ3n) is 2.67. The summed E-state index contributed by atoms with van der Waals surface area (Å²) in [6, 6.07) is 9.31. The van der Waals surface area contributed by atoms with Crippen LogP contribution in [-0.2, 0) is 0 Å². The fourth-order valence-electron chi connectivity index (χ4n) is 1.73. The normalized spacial score (nSPS) is 10.3. The van der Waals surface area contributed by atoms with Gasteiger partial charge in [0.2, 0.25) is 0 Å². The van der Waals surface area contributed by atoms with Crippen molar-refractivity contribution < 1.29 is 13.9 Å². The van der Waals surface area contributed by atoms with Crippen molar-refractivity contribution in [1.82, 2.24) is 0 Å². The molecule has 3 nitrogen and oxygen atoms in total. The number of rotatable bonds is 3. The number of Topliss-reactive ketones (excluding diaryl/α,β-unsaturated/α-hetero) is 1. The van der Waals surface area contributed by atoms with E-state index in [-0.39, 0.29) is 5.78 Å². The van der Waals surface area contributed by atoms with Crippen LogP contribution in [0.5, 0.6) is 5.75 Å². The molecule has 0 unspecified atom stereocenters. The molecule has 0 aliphatic carbocycles. The maximum atomic E-state index is 11.3. The quantitative estimate of drug-likeness (QED) is 0.758. The zero-order chi connectivity index (χ0) is 12.4. The zero-order valence-corrected chi connectivity index (χ0v) is 10.1. The Kier molecular flexibility index (Phi) is 3.00. The van der Waals surface area contributed by atoms with Gasteiger partial charge in [0.05, 0.1) is 12.7 Å². The molecule has 3 heteroatoms. The van der Waals surface area contributed by atoms with Crippen LogP contribution in [0.25, 0.3) is 11.3 Å². The third kappa shape index (κ3) is 2.23. The number of aryl methyl sites for hydroxylation is 1. The van der Waals surface area contributed by atoms with Crippen LogP contribution in [0.1, 0.15) is 23.0 Å². The summed E-state index contributed by atoms with van der Waals surface area (Å²) in [6.45, 7) is 3.33. The van der Waals surface area contributed by atoms with Gasteiger partial charge in [-0.05, 0) is 44.2 Å². The van der Waals surface area contributed by atoms with E-state index in [4.69, 9.17) is 9.15 Å². The maximum absolute atomic E-state index is 11.3. The van der Waals surface area contributed by atoms with Crippen LogP contribution in [0.3, 0.4) is 0 Å². The Bertz CT molecular complexity index is 535. The molecule has 0 radical (unpaired) electrons. The lowest BCUT2D eigenvalue weighted by Crippen LogP contribution is -1.90. The molecule has 0 aliphatic heterocycles. The number of carbonyl (C=O) groups excluding carboxylic acids is 1. The molecule has 0 atom stereocenters. The predicted octanol–water partition coefficient (Wildman–Crippen LogP) is 3.47. The minimum absolute atomic E-state index is 0.0195. The van der Waals surface area contributed by atoms with E-state index in [2.05, 4.69) is 0 Å². The van der Waals surface area contributed by atoms with E-state index in [9.17, 15) is 4.79 Å². The predicted molar refractivity (Wildman–Crippen MR) is 65.4 cm³/mol. The van der Waals surface area contributed by atoms with Gasteiger partial charge >= 0.3 is 0 Å². The highest BCUT2D eigenvalue weighted by atomic mass is 16.5. The molecule has 0 amide bonds. The Labute approximate surface area is 100 Å². The highest BCUT2D eigenvalue weighted by Crippen LogP contribution is 2.27. The number of furan rings is 1. The molecule has 0 aliphatic rings. The number of methoxy groups -OCH3 is 1. The lowest BCUT2D eigenvalue weighted by atomic mass is 10.1. The summed E-state index contributed by atoms with van der Waals surface area (Å²) in [6.07, 6.45) is 0. The molecular weight excluding hydrogens is 216 g/mol. The van der Waals surface area contributed by atoms with E-state index < -0.39 is 0 Å². The van der Waals surface area contributed by atoms with Gasteiger partial charge in [-0.2, -0.15) is 0 Å². The molecule has 0 bridgehead atoms. The van der Waals surface area contributed by atoms with Crippen LogP contribution in [0.4, 0.5) is 0 Å². The number of ether oxygens (including phenoxy) is 1. The van der Waals surface area contributed by atoms with Crippen molar-refractivity contribution in [2.75, 3.05) is 7.11 Å². The molecule has 0 N–H and O–H groups in total. The van der Waals surface area contributed by atoms with Crippen molar-refractivity contribution >= 4 is 5.78 Å². The van der Waals surface area contributed by atoms with Crippen LogP contribution >= 0.6 is 0 Å². The first kappa shape index (κ1) is 11.5. The van der Waals surface area contributed by atoms with E-state index in [1.807, 2.05) is 24.3 Å². The fourth-order valence-corrected chi connectivity index (χ4v) is 1.73. The second-order valence-corrected chi connectivity index (χ2v) is 3.87. The average Bonchev–Trinajstić information content (AvgIpc) is 2.71. The first-order chi connectivity index (χ1) is 8.11. The zero-order valence-electron chi connectivity index (χ0n) is 10.1. The molecule has 2 aromatic rings. The van der Waals surface area contributed by atoms with Gasteiger partial charge in [0, 0.05) is 5.56 Å². The van der Waals surface area contributed by atoms with E-state index in [1.165, 1.54) is 6.92 Å². The van der Waals surface area contributed by atoms with Crippen molar-refractivity contribution in [2.24, 2.45) is 0 Å². The minimum atomic E-state index is 0.0195. The number of benzene rings is 1. The summed E-state index contributed by atoms with van der Waals surface area (Å²) < 4.78 is 10.7. The van der Waals surface area contributed by atoms with Gasteiger partial charge < -0.3 is 9.15 Å². The lowest BCUT2D eigenvalue weighted by molar-refractivity contribution is 0.101. The Hall–Kier alpha value is -2.03. The number of hydrogen-bond donors (Lipinski definition) is 0. The molecular formula is C14H14O3. The Balaban J connectivity index is 2.39. The van der Waals surface area contributed by atoms with Gasteiger partial charge in [0.15, 0.2) is 5.78 Å². The van der Waals surface area contributed by atoms with E-state index in [0.717, 1.165) is 11.3 Å². The van der Waals surface area contributed by atoms with Gasteiger partial charge in [-0.1, -0.05) is 0 Å². The van der Waals surface area contributed by atoms with Crippen LogP contribution < -0.4 is 4.74 Å². The smallest absolute Gasteiger partial charge is 0.163 e. The van der Waals surface area contributed by atoms with Gasteiger partial charge in [0.25, 0.3) is 0 Å². The van der Waals surface area contributed by atoms with Crippen molar-refractivity contribution in [3.8, 4) is 17.1 Å². The monoisotopic (exact) mass is 230 g/mol. The highest BCUT2D eigenvalue weighted by molar-refractivity contribution is 5.96. The van der Waals surface area contributed by atoms with Crippen LogP contribution in [-0.4, -0.2) is 12.9 Å². The van der Waals surface area contributed by atoms with E-state index in [0.29, 0.717) is 17.1 Å².